The second kappa shape index (κ2) is 10.7. The summed E-state index contributed by atoms with van der Waals surface area (Å²) in [6.07, 6.45) is 0.335. The SMILES string of the molecule is COc1ccc(NC(=O)CCSc2nc(-c3ccccc3)c(-c3ccccc3)[nH]2)c(OC)c1. The number of rotatable bonds is 9. The minimum Gasteiger partial charge on any atom is -0.497 e. The van der Waals surface area contributed by atoms with Crippen LogP contribution in [0.15, 0.2) is 84.0 Å². The molecule has 1 amide bonds. The van der Waals surface area contributed by atoms with Crippen LogP contribution in [0.25, 0.3) is 22.5 Å². The van der Waals surface area contributed by atoms with E-state index in [4.69, 9.17) is 14.5 Å². The molecule has 0 unspecified atom stereocenters. The average molecular weight is 460 g/mol. The summed E-state index contributed by atoms with van der Waals surface area (Å²) in [5.74, 6) is 1.72. The summed E-state index contributed by atoms with van der Waals surface area (Å²) in [4.78, 5) is 20.8. The monoisotopic (exact) mass is 459 g/mol. The Kier molecular flexibility index (Phi) is 7.32. The van der Waals surface area contributed by atoms with Crippen molar-refractivity contribution >= 4 is 23.4 Å². The van der Waals surface area contributed by atoms with Crippen LogP contribution < -0.4 is 14.8 Å². The second-order valence-corrected chi connectivity index (χ2v) is 8.29. The van der Waals surface area contributed by atoms with Gasteiger partial charge in [-0.25, -0.2) is 4.98 Å². The fourth-order valence-corrected chi connectivity index (χ4v) is 4.20. The molecule has 0 aliphatic heterocycles. The number of methoxy groups -OCH3 is 2. The normalized spacial score (nSPS) is 10.6. The molecule has 0 saturated carbocycles. The van der Waals surface area contributed by atoms with E-state index in [1.165, 1.54) is 11.8 Å². The highest BCUT2D eigenvalue weighted by molar-refractivity contribution is 7.99. The summed E-state index contributed by atoms with van der Waals surface area (Å²) >= 11 is 1.52. The number of nitrogens with zero attached hydrogens (tertiary/aromatic N) is 1. The van der Waals surface area contributed by atoms with Crippen molar-refractivity contribution in [2.75, 3.05) is 25.3 Å². The van der Waals surface area contributed by atoms with Crippen molar-refractivity contribution in [3.63, 3.8) is 0 Å². The fraction of sp³-hybridized carbons (Fsp3) is 0.154. The van der Waals surface area contributed by atoms with Crippen molar-refractivity contribution in [3.05, 3.63) is 78.9 Å². The first kappa shape index (κ1) is 22.5. The first-order valence-electron chi connectivity index (χ1n) is 10.5. The lowest BCUT2D eigenvalue weighted by molar-refractivity contribution is -0.115. The van der Waals surface area contributed by atoms with Gasteiger partial charge in [0.25, 0.3) is 0 Å². The molecule has 0 fully saturated rings. The topological polar surface area (TPSA) is 76.2 Å². The van der Waals surface area contributed by atoms with Gasteiger partial charge in [-0.1, -0.05) is 72.4 Å². The third kappa shape index (κ3) is 5.56. The zero-order valence-corrected chi connectivity index (χ0v) is 19.3. The van der Waals surface area contributed by atoms with Crippen LogP contribution in [-0.4, -0.2) is 35.8 Å². The highest BCUT2D eigenvalue weighted by Gasteiger charge is 2.15. The molecule has 0 radical (unpaired) electrons. The Morgan fingerprint density at radius 1 is 0.939 bits per heavy atom. The van der Waals surface area contributed by atoms with Crippen molar-refractivity contribution < 1.29 is 14.3 Å². The molecule has 2 N–H and O–H groups in total. The Balaban J connectivity index is 1.44. The maximum atomic E-state index is 12.5. The third-order valence-corrected chi connectivity index (χ3v) is 5.92. The molecule has 1 aromatic heterocycles. The predicted octanol–water partition coefficient (Wildman–Crippen LogP) is 5.88. The first-order chi connectivity index (χ1) is 16.2. The Morgan fingerprint density at radius 3 is 2.30 bits per heavy atom. The minimum absolute atomic E-state index is 0.0934. The third-order valence-electron chi connectivity index (χ3n) is 5.04. The molecule has 33 heavy (non-hydrogen) atoms. The number of H-pyrrole nitrogens is 1. The van der Waals surface area contributed by atoms with Crippen LogP contribution in [0.1, 0.15) is 6.42 Å². The smallest absolute Gasteiger partial charge is 0.225 e. The number of benzene rings is 3. The van der Waals surface area contributed by atoms with E-state index in [9.17, 15) is 4.79 Å². The molecular weight excluding hydrogens is 434 g/mol. The van der Waals surface area contributed by atoms with Gasteiger partial charge < -0.3 is 19.8 Å². The van der Waals surface area contributed by atoms with Gasteiger partial charge in [0.15, 0.2) is 5.16 Å². The van der Waals surface area contributed by atoms with Crippen LogP contribution in [-0.2, 0) is 4.79 Å². The molecule has 7 heteroatoms. The molecule has 4 aromatic rings. The van der Waals surface area contributed by atoms with Gasteiger partial charge in [-0.15, -0.1) is 0 Å². The number of imidazole rings is 1. The van der Waals surface area contributed by atoms with Crippen molar-refractivity contribution in [1.82, 2.24) is 9.97 Å². The van der Waals surface area contributed by atoms with Gasteiger partial charge in [-0.3, -0.25) is 4.79 Å². The molecule has 0 aliphatic rings. The Morgan fingerprint density at radius 2 is 1.64 bits per heavy atom. The number of aromatic amines is 1. The maximum absolute atomic E-state index is 12.5. The highest BCUT2D eigenvalue weighted by Crippen LogP contribution is 2.33. The van der Waals surface area contributed by atoms with E-state index in [1.807, 2.05) is 48.5 Å². The Hall–Kier alpha value is -3.71. The number of aromatic nitrogens is 2. The van der Waals surface area contributed by atoms with Crippen molar-refractivity contribution in [2.24, 2.45) is 0 Å². The molecule has 168 valence electrons. The largest absolute Gasteiger partial charge is 0.497 e. The van der Waals surface area contributed by atoms with E-state index in [2.05, 4.69) is 22.4 Å². The lowest BCUT2D eigenvalue weighted by Gasteiger charge is -2.11. The van der Waals surface area contributed by atoms with E-state index in [-0.39, 0.29) is 5.91 Å². The zero-order valence-electron chi connectivity index (χ0n) is 18.5. The van der Waals surface area contributed by atoms with Gasteiger partial charge in [-0.2, -0.15) is 0 Å². The lowest BCUT2D eigenvalue weighted by Crippen LogP contribution is -2.13. The highest BCUT2D eigenvalue weighted by atomic mass is 32.2. The van der Waals surface area contributed by atoms with Gasteiger partial charge in [0.05, 0.1) is 31.3 Å². The predicted molar refractivity (Wildman–Crippen MR) is 133 cm³/mol. The molecular formula is C26H25N3O3S. The molecule has 0 spiro atoms. The average Bonchev–Trinajstić information content (AvgIpc) is 3.29. The Labute approximate surface area is 197 Å². The molecule has 0 saturated heterocycles. The zero-order chi connectivity index (χ0) is 23.0. The van der Waals surface area contributed by atoms with Crippen LogP contribution in [0.3, 0.4) is 0 Å². The summed E-state index contributed by atoms with van der Waals surface area (Å²) in [6.45, 7) is 0. The van der Waals surface area contributed by atoms with E-state index in [0.717, 1.165) is 27.7 Å². The fourth-order valence-electron chi connectivity index (χ4n) is 3.39. The summed E-state index contributed by atoms with van der Waals surface area (Å²) in [5.41, 5.74) is 4.60. The molecule has 4 rings (SSSR count). The molecule has 0 bridgehead atoms. The summed E-state index contributed by atoms with van der Waals surface area (Å²) in [6, 6.07) is 25.5. The number of amides is 1. The van der Waals surface area contributed by atoms with Gasteiger partial charge in [-0.05, 0) is 12.1 Å². The minimum atomic E-state index is -0.0934. The molecule has 6 nitrogen and oxygen atoms in total. The number of hydrogen-bond donors (Lipinski definition) is 2. The van der Waals surface area contributed by atoms with Crippen molar-refractivity contribution in [3.8, 4) is 34.0 Å². The number of ether oxygens (including phenoxy) is 2. The van der Waals surface area contributed by atoms with E-state index in [1.54, 1.807) is 32.4 Å². The number of nitrogens with one attached hydrogen (secondary N) is 2. The molecule has 0 aliphatic carbocycles. The number of hydrogen-bond acceptors (Lipinski definition) is 5. The van der Waals surface area contributed by atoms with E-state index < -0.39 is 0 Å². The van der Waals surface area contributed by atoms with Crippen LogP contribution in [0.4, 0.5) is 5.69 Å². The van der Waals surface area contributed by atoms with Crippen molar-refractivity contribution in [2.45, 2.75) is 11.6 Å². The molecule has 0 atom stereocenters. The summed E-state index contributed by atoms with van der Waals surface area (Å²) in [7, 11) is 3.15. The van der Waals surface area contributed by atoms with Gasteiger partial charge >= 0.3 is 0 Å². The van der Waals surface area contributed by atoms with E-state index >= 15 is 0 Å². The summed E-state index contributed by atoms with van der Waals surface area (Å²) < 4.78 is 10.5. The first-order valence-corrected chi connectivity index (χ1v) is 11.5. The maximum Gasteiger partial charge on any atom is 0.225 e. The van der Waals surface area contributed by atoms with E-state index in [0.29, 0.717) is 29.4 Å². The second-order valence-electron chi connectivity index (χ2n) is 7.21. The van der Waals surface area contributed by atoms with Crippen LogP contribution in [0, 0.1) is 0 Å². The number of thioether (sulfide) groups is 1. The quantitative estimate of drug-likeness (QED) is 0.306. The van der Waals surface area contributed by atoms with Crippen molar-refractivity contribution in [1.29, 1.82) is 0 Å². The molecule has 3 aromatic carbocycles. The molecule has 1 heterocycles. The van der Waals surface area contributed by atoms with Crippen LogP contribution in [0.2, 0.25) is 0 Å². The van der Waals surface area contributed by atoms with Gasteiger partial charge in [0.1, 0.15) is 11.5 Å². The Bertz CT molecular complexity index is 1150. The standard InChI is InChI=1S/C26H25N3O3S/c1-31-20-13-14-21(22(17-20)32-2)27-23(30)15-16-33-26-28-24(18-9-5-3-6-10-18)25(29-26)19-11-7-4-8-12-19/h3-14,17H,15-16H2,1-2H3,(H,27,30)(H,28,29). The van der Waals surface area contributed by atoms with Crippen LogP contribution in [0.5, 0.6) is 11.5 Å². The lowest BCUT2D eigenvalue weighted by atomic mass is 10.1. The number of carbonyl (C=O) groups is 1. The van der Waals surface area contributed by atoms with Gasteiger partial charge in [0, 0.05) is 29.4 Å². The van der Waals surface area contributed by atoms with Crippen LogP contribution >= 0.6 is 11.8 Å². The number of anilines is 1. The number of carbonyl (C=O) groups excluding carboxylic acids is 1. The van der Waals surface area contributed by atoms with Gasteiger partial charge in [0.2, 0.25) is 5.91 Å². The summed E-state index contributed by atoms with van der Waals surface area (Å²) in [5, 5.41) is 3.68.